The van der Waals surface area contributed by atoms with Gasteiger partial charge in [-0.2, -0.15) is 4.98 Å². The molecule has 0 amide bonds. The molecule has 0 aliphatic rings. The highest BCUT2D eigenvalue weighted by Gasteiger charge is 2.19. The van der Waals surface area contributed by atoms with Crippen molar-refractivity contribution in [3.05, 3.63) is 93.7 Å². The zero-order chi connectivity index (χ0) is 22.4. The van der Waals surface area contributed by atoms with Crippen molar-refractivity contribution in [1.29, 1.82) is 0 Å². The monoisotopic (exact) mass is 440 g/mol. The van der Waals surface area contributed by atoms with Crippen LogP contribution in [0.15, 0.2) is 70.7 Å². The van der Waals surface area contributed by atoms with Crippen LogP contribution in [0.2, 0.25) is 0 Å². The maximum Gasteiger partial charge on any atom is 0.326 e. The van der Waals surface area contributed by atoms with Crippen molar-refractivity contribution in [2.75, 3.05) is 0 Å². The van der Waals surface area contributed by atoms with Gasteiger partial charge in [-0.25, -0.2) is 4.39 Å². The number of carbonyl (C=O) groups excluding carboxylic acids is 1. The molecule has 1 aromatic heterocycles. The lowest BCUT2D eigenvalue weighted by molar-refractivity contribution is -0.155. The van der Waals surface area contributed by atoms with Crippen LogP contribution in [0.1, 0.15) is 37.5 Å². The van der Waals surface area contributed by atoms with Gasteiger partial charge >= 0.3 is 5.97 Å². The number of benzene rings is 2. The Morgan fingerprint density at radius 1 is 1.06 bits per heavy atom. The zero-order valence-corrected chi connectivity index (χ0v) is 18.6. The first-order chi connectivity index (χ1) is 14.7. The molecule has 0 unspecified atom stereocenters. The Kier molecular flexibility index (Phi) is 7.28. The highest BCUT2D eigenvalue weighted by Crippen LogP contribution is 2.22. The van der Waals surface area contributed by atoms with Crippen LogP contribution in [0.4, 0.5) is 4.39 Å². The second kappa shape index (κ2) is 9.92. The van der Waals surface area contributed by atoms with E-state index < -0.39 is 11.6 Å². The topological polar surface area (TPSA) is 61.2 Å². The number of ether oxygens (including phenoxy) is 1. The average Bonchev–Trinajstić information content (AvgIpc) is 2.70. The Morgan fingerprint density at radius 3 is 2.39 bits per heavy atom. The van der Waals surface area contributed by atoms with E-state index in [-0.39, 0.29) is 17.9 Å². The van der Waals surface area contributed by atoms with E-state index in [1.807, 2.05) is 30.3 Å². The van der Waals surface area contributed by atoms with Crippen LogP contribution < -0.4 is 5.56 Å². The number of nitrogens with zero attached hydrogens (tertiary/aromatic N) is 2. The predicted octanol–water partition coefficient (Wildman–Crippen LogP) is 4.61. The van der Waals surface area contributed by atoms with E-state index in [1.165, 1.54) is 23.9 Å². The summed E-state index contributed by atoms with van der Waals surface area (Å²) in [5.74, 6) is -0.231. The summed E-state index contributed by atoms with van der Waals surface area (Å²) in [6.45, 7) is 5.36. The number of esters is 1. The lowest BCUT2D eigenvalue weighted by Gasteiger charge is -2.21. The molecular weight excluding hydrogens is 415 g/mol. The molecule has 7 heteroatoms. The van der Waals surface area contributed by atoms with Crippen LogP contribution in [0.3, 0.4) is 0 Å². The summed E-state index contributed by atoms with van der Waals surface area (Å²) in [6.07, 6.45) is 2.10. The van der Waals surface area contributed by atoms with E-state index in [1.54, 1.807) is 43.7 Å². The fourth-order valence-electron chi connectivity index (χ4n) is 2.93. The van der Waals surface area contributed by atoms with E-state index in [4.69, 9.17) is 4.74 Å². The molecule has 0 radical (unpaired) electrons. The Balaban J connectivity index is 1.87. The molecule has 2 aromatic carbocycles. The molecule has 3 aromatic rings. The SMILES string of the molecule is CC(C)(C)OC(=O)Cn1cc(Cc2ccccc2)c(=O)nc1SCc1ccc(F)cc1. The minimum atomic E-state index is -0.613. The van der Waals surface area contributed by atoms with Gasteiger partial charge in [0.25, 0.3) is 5.56 Å². The van der Waals surface area contributed by atoms with E-state index in [0.717, 1.165) is 11.1 Å². The van der Waals surface area contributed by atoms with Crippen molar-refractivity contribution in [2.45, 2.75) is 50.2 Å². The second-order valence-electron chi connectivity index (χ2n) is 8.15. The highest BCUT2D eigenvalue weighted by atomic mass is 32.2. The normalized spacial score (nSPS) is 11.4. The molecule has 0 fully saturated rings. The summed E-state index contributed by atoms with van der Waals surface area (Å²) < 4.78 is 20.3. The van der Waals surface area contributed by atoms with Gasteiger partial charge in [0.15, 0.2) is 5.16 Å². The summed E-state index contributed by atoms with van der Waals surface area (Å²) in [5.41, 5.74) is 1.43. The van der Waals surface area contributed by atoms with Gasteiger partial charge in [0.05, 0.1) is 0 Å². The van der Waals surface area contributed by atoms with Gasteiger partial charge in [0.1, 0.15) is 18.0 Å². The van der Waals surface area contributed by atoms with Crippen LogP contribution in [0, 0.1) is 5.82 Å². The number of halogens is 1. The maximum absolute atomic E-state index is 13.2. The van der Waals surface area contributed by atoms with Crippen molar-refractivity contribution in [3.8, 4) is 0 Å². The van der Waals surface area contributed by atoms with Gasteiger partial charge < -0.3 is 9.30 Å². The molecule has 0 aliphatic carbocycles. The van der Waals surface area contributed by atoms with Crippen LogP contribution in [-0.4, -0.2) is 21.1 Å². The Bertz CT molecular complexity index is 1090. The molecule has 5 nitrogen and oxygen atoms in total. The fourth-order valence-corrected chi connectivity index (χ4v) is 3.85. The number of aromatic nitrogens is 2. The van der Waals surface area contributed by atoms with Gasteiger partial charge in [0, 0.05) is 23.9 Å². The van der Waals surface area contributed by atoms with Crippen molar-refractivity contribution >= 4 is 17.7 Å². The Morgan fingerprint density at radius 2 is 1.74 bits per heavy atom. The molecule has 162 valence electrons. The molecule has 0 bridgehead atoms. The standard InChI is InChI=1S/C24H25FN2O3S/c1-24(2,3)30-21(28)15-27-14-19(13-17-7-5-4-6-8-17)22(29)26-23(27)31-16-18-9-11-20(25)12-10-18/h4-12,14H,13,15-16H2,1-3H3. The van der Waals surface area contributed by atoms with Gasteiger partial charge in [-0.3, -0.25) is 9.59 Å². The van der Waals surface area contributed by atoms with Crippen LogP contribution in [0.25, 0.3) is 0 Å². The summed E-state index contributed by atoms with van der Waals surface area (Å²) in [7, 11) is 0. The number of hydrogen-bond acceptors (Lipinski definition) is 5. The molecule has 0 saturated heterocycles. The molecule has 0 spiro atoms. The van der Waals surface area contributed by atoms with Crippen LogP contribution >= 0.6 is 11.8 Å². The quantitative estimate of drug-likeness (QED) is 0.305. The maximum atomic E-state index is 13.2. The lowest BCUT2D eigenvalue weighted by Crippen LogP contribution is -2.28. The number of hydrogen-bond donors (Lipinski definition) is 0. The average molecular weight is 441 g/mol. The zero-order valence-electron chi connectivity index (χ0n) is 17.8. The van der Waals surface area contributed by atoms with Crippen molar-refractivity contribution in [2.24, 2.45) is 0 Å². The summed E-state index contributed by atoms with van der Waals surface area (Å²) in [4.78, 5) is 29.4. The third-order valence-electron chi connectivity index (χ3n) is 4.27. The minimum Gasteiger partial charge on any atom is -0.459 e. The highest BCUT2D eigenvalue weighted by molar-refractivity contribution is 7.98. The predicted molar refractivity (Wildman–Crippen MR) is 120 cm³/mol. The lowest BCUT2D eigenvalue weighted by atomic mass is 10.1. The van der Waals surface area contributed by atoms with Crippen LogP contribution in [-0.2, 0) is 28.2 Å². The third-order valence-corrected chi connectivity index (χ3v) is 5.33. The number of thioether (sulfide) groups is 1. The van der Waals surface area contributed by atoms with E-state index >= 15 is 0 Å². The van der Waals surface area contributed by atoms with E-state index in [2.05, 4.69) is 4.98 Å². The summed E-state index contributed by atoms with van der Waals surface area (Å²) >= 11 is 1.32. The fraction of sp³-hybridized carbons (Fsp3) is 0.292. The number of carbonyl (C=O) groups is 1. The summed E-state index contributed by atoms with van der Waals surface area (Å²) in [5, 5.41) is 0.414. The molecule has 31 heavy (non-hydrogen) atoms. The van der Waals surface area contributed by atoms with Crippen molar-refractivity contribution < 1.29 is 13.9 Å². The molecule has 0 atom stereocenters. The van der Waals surface area contributed by atoms with Crippen molar-refractivity contribution in [1.82, 2.24) is 9.55 Å². The molecule has 0 aliphatic heterocycles. The second-order valence-corrected chi connectivity index (χ2v) is 9.09. The minimum absolute atomic E-state index is 0.0574. The first kappa shape index (κ1) is 22.7. The van der Waals surface area contributed by atoms with Crippen molar-refractivity contribution in [3.63, 3.8) is 0 Å². The van der Waals surface area contributed by atoms with Gasteiger partial charge in [-0.15, -0.1) is 0 Å². The third kappa shape index (κ3) is 7.07. The number of rotatable bonds is 7. The van der Waals surface area contributed by atoms with Gasteiger partial charge in [-0.1, -0.05) is 54.2 Å². The van der Waals surface area contributed by atoms with Gasteiger partial charge in [-0.05, 0) is 44.0 Å². The van der Waals surface area contributed by atoms with Gasteiger partial charge in [0.2, 0.25) is 0 Å². The molecule has 1 heterocycles. The Hall–Kier alpha value is -2.93. The van der Waals surface area contributed by atoms with E-state index in [9.17, 15) is 14.0 Å². The molecule has 3 rings (SSSR count). The largest absolute Gasteiger partial charge is 0.459 e. The molecular formula is C24H25FN2O3S. The van der Waals surface area contributed by atoms with E-state index in [0.29, 0.717) is 22.9 Å². The molecule has 0 N–H and O–H groups in total. The Labute approximate surface area is 185 Å². The smallest absolute Gasteiger partial charge is 0.326 e. The first-order valence-electron chi connectivity index (χ1n) is 9.93. The molecule has 0 saturated carbocycles. The van der Waals surface area contributed by atoms with Crippen LogP contribution in [0.5, 0.6) is 0 Å². The first-order valence-corrected chi connectivity index (χ1v) is 10.9. The summed E-state index contributed by atoms with van der Waals surface area (Å²) in [6, 6.07) is 15.8.